The normalized spacial score (nSPS) is 15.7. The van der Waals surface area contributed by atoms with Crippen LogP contribution in [0.2, 0.25) is 5.02 Å². The van der Waals surface area contributed by atoms with E-state index in [2.05, 4.69) is 15.5 Å². The zero-order valence-electron chi connectivity index (χ0n) is 17.6. The fraction of sp³-hybridized carbons (Fsp3) is 0.435. The third kappa shape index (κ3) is 5.71. The fourth-order valence-electron chi connectivity index (χ4n) is 3.88. The number of thioether (sulfide) groups is 1. The molecule has 2 aromatic heterocycles. The second-order valence-corrected chi connectivity index (χ2v) is 9.73. The zero-order chi connectivity index (χ0) is 21.6. The van der Waals surface area contributed by atoms with Gasteiger partial charge in [0.05, 0.1) is 18.1 Å². The van der Waals surface area contributed by atoms with E-state index in [4.69, 9.17) is 16.0 Å². The number of hydrogen-bond acceptors (Lipinski definition) is 5. The highest BCUT2D eigenvalue weighted by Gasteiger charge is 2.22. The lowest BCUT2D eigenvalue weighted by Gasteiger charge is -2.22. The number of hydrogen-bond donors (Lipinski definition) is 1. The summed E-state index contributed by atoms with van der Waals surface area (Å²) < 4.78 is 7.53. The number of amides is 1. The Morgan fingerprint density at radius 1 is 1.23 bits per heavy atom. The predicted octanol–water partition coefficient (Wildman–Crippen LogP) is 5.42. The van der Waals surface area contributed by atoms with E-state index in [0.717, 1.165) is 17.9 Å². The molecule has 0 spiro atoms. The minimum absolute atomic E-state index is 0.0381. The van der Waals surface area contributed by atoms with Gasteiger partial charge in [0.25, 0.3) is 0 Å². The molecule has 0 radical (unpaired) electrons. The van der Waals surface area contributed by atoms with Crippen molar-refractivity contribution in [1.82, 2.24) is 20.1 Å². The van der Waals surface area contributed by atoms with Crippen molar-refractivity contribution in [2.24, 2.45) is 5.92 Å². The Morgan fingerprint density at radius 3 is 2.71 bits per heavy atom. The number of halogens is 1. The van der Waals surface area contributed by atoms with E-state index in [1.165, 1.54) is 43.9 Å². The quantitative estimate of drug-likeness (QED) is 0.456. The molecule has 1 fully saturated rings. The molecule has 1 unspecified atom stereocenters. The van der Waals surface area contributed by atoms with E-state index in [0.29, 0.717) is 28.5 Å². The van der Waals surface area contributed by atoms with E-state index in [1.807, 2.05) is 47.9 Å². The lowest BCUT2D eigenvalue weighted by molar-refractivity contribution is -0.120. The minimum atomic E-state index is -0.277. The number of furan rings is 1. The molecule has 0 aliphatic heterocycles. The van der Waals surface area contributed by atoms with Gasteiger partial charge in [-0.05, 0) is 62.1 Å². The number of nitrogens with zero attached hydrogens (tertiary/aromatic N) is 3. The summed E-state index contributed by atoms with van der Waals surface area (Å²) in [5.41, 5.74) is 0.907. The Labute approximate surface area is 191 Å². The maximum absolute atomic E-state index is 12.7. The van der Waals surface area contributed by atoms with Crippen molar-refractivity contribution in [3.8, 4) is 11.4 Å². The van der Waals surface area contributed by atoms with Crippen molar-refractivity contribution in [3.63, 3.8) is 0 Å². The highest BCUT2D eigenvalue weighted by atomic mass is 35.5. The topological polar surface area (TPSA) is 73.0 Å². The first-order valence-electron chi connectivity index (χ1n) is 10.8. The molecule has 2 heterocycles. The number of aromatic nitrogens is 3. The van der Waals surface area contributed by atoms with Gasteiger partial charge in [-0.1, -0.05) is 42.6 Å². The minimum Gasteiger partial charge on any atom is -0.467 e. The van der Waals surface area contributed by atoms with Crippen LogP contribution in [-0.2, 0) is 11.3 Å². The van der Waals surface area contributed by atoms with E-state index < -0.39 is 0 Å². The van der Waals surface area contributed by atoms with Gasteiger partial charge in [0.1, 0.15) is 5.76 Å². The van der Waals surface area contributed by atoms with Gasteiger partial charge in [-0.15, -0.1) is 10.2 Å². The molecule has 1 aliphatic carbocycles. The van der Waals surface area contributed by atoms with Crippen LogP contribution in [0, 0.1) is 5.92 Å². The summed E-state index contributed by atoms with van der Waals surface area (Å²) in [4.78, 5) is 12.7. The van der Waals surface area contributed by atoms with E-state index >= 15 is 0 Å². The monoisotopic (exact) mass is 458 g/mol. The van der Waals surface area contributed by atoms with E-state index in [1.54, 1.807) is 6.26 Å². The third-order valence-corrected chi connectivity index (χ3v) is 6.99. The molecule has 0 saturated heterocycles. The highest BCUT2D eigenvalue weighted by molar-refractivity contribution is 8.00. The summed E-state index contributed by atoms with van der Waals surface area (Å²) in [6, 6.07) is 11.3. The SMILES string of the molecule is CC(Sc1nnc(-c2ccc(Cl)cc2)n1Cc1ccco1)C(=O)NCC1CCCCC1. The molecule has 31 heavy (non-hydrogen) atoms. The molecule has 1 amide bonds. The van der Waals surface area contributed by atoms with Crippen LogP contribution in [0.3, 0.4) is 0 Å². The Bertz CT molecular complexity index is 982. The molecule has 4 rings (SSSR count). The molecular formula is C23H27ClN4O2S. The summed E-state index contributed by atoms with van der Waals surface area (Å²) in [5.74, 6) is 2.15. The van der Waals surface area contributed by atoms with Crippen LogP contribution >= 0.6 is 23.4 Å². The average molecular weight is 459 g/mol. The first-order chi connectivity index (χ1) is 15.1. The van der Waals surface area contributed by atoms with Crippen LogP contribution in [0.15, 0.2) is 52.2 Å². The maximum Gasteiger partial charge on any atom is 0.233 e. The summed E-state index contributed by atoms with van der Waals surface area (Å²) in [7, 11) is 0. The molecule has 6 nitrogen and oxygen atoms in total. The van der Waals surface area contributed by atoms with Crippen LogP contribution < -0.4 is 5.32 Å². The van der Waals surface area contributed by atoms with Crippen LogP contribution in [-0.4, -0.2) is 32.5 Å². The van der Waals surface area contributed by atoms with E-state index in [-0.39, 0.29) is 11.2 Å². The molecule has 8 heteroatoms. The molecule has 1 atom stereocenters. The van der Waals surface area contributed by atoms with Gasteiger partial charge in [0, 0.05) is 17.1 Å². The number of carbonyl (C=O) groups excluding carboxylic acids is 1. The first-order valence-corrected chi connectivity index (χ1v) is 12.0. The van der Waals surface area contributed by atoms with Crippen molar-refractivity contribution >= 4 is 29.3 Å². The van der Waals surface area contributed by atoms with Gasteiger partial charge >= 0.3 is 0 Å². The van der Waals surface area contributed by atoms with Gasteiger partial charge in [-0.2, -0.15) is 0 Å². The van der Waals surface area contributed by atoms with Crippen molar-refractivity contribution < 1.29 is 9.21 Å². The third-order valence-electron chi connectivity index (χ3n) is 5.65. The fourth-order valence-corrected chi connectivity index (χ4v) is 4.88. The van der Waals surface area contributed by atoms with Gasteiger partial charge in [0.2, 0.25) is 5.91 Å². The number of benzene rings is 1. The lowest BCUT2D eigenvalue weighted by atomic mass is 9.89. The Morgan fingerprint density at radius 2 is 2.00 bits per heavy atom. The van der Waals surface area contributed by atoms with Crippen LogP contribution in [0.25, 0.3) is 11.4 Å². The number of carbonyl (C=O) groups is 1. The summed E-state index contributed by atoms with van der Waals surface area (Å²) in [6.07, 6.45) is 7.93. The van der Waals surface area contributed by atoms with Gasteiger partial charge in [-0.3, -0.25) is 9.36 Å². The molecule has 0 bridgehead atoms. The maximum atomic E-state index is 12.7. The zero-order valence-corrected chi connectivity index (χ0v) is 19.2. The molecule has 164 valence electrons. The molecule has 3 aromatic rings. The van der Waals surface area contributed by atoms with Crippen molar-refractivity contribution in [2.45, 2.75) is 56.0 Å². The predicted molar refractivity (Wildman–Crippen MR) is 123 cm³/mol. The second-order valence-electron chi connectivity index (χ2n) is 7.99. The molecule has 1 N–H and O–H groups in total. The standard InChI is InChI=1S/C23H27ClN4O2S/c1-16(22(29)25-14-17-6-3-2-4-7-17)31-23-27-26-21(18-9-11-19(24)12-10-18)28(23)15-20-8-5-13-30-20/h5,8-13,16-17H,2-4,6-7,14-15H2,1H3,(H,25,29). The summed E-state index contributed by atoms with van der Waals surface area (Å²) >= 11 is 7.46. The largest absolute Gasteiger partial charge is 0.467 e. The summed E-state index contributed by atoms with van der Waals surface area (Å²) in [6.45, 7) is 3.16. The van der Waals surface area contributed by atoms with Gasteiger partial charge in [-0.25, -0.2) is 0 Å². The molecular weight excluding hydrogens is 432 g/mol. The van der Waals surface area contributed by atoms with E-state index in [9.17, 15) is 4.79 Å². The molecule has 1 aromatic carbocycles. The lowest BCUT2D eigenvalue weighted by Crippen LogP contribution is -2.35. The van der Waals surface area contributed by atoms with Crippen LogP contribution in [0.4, 0.5) is 0 Å². The number of rotatable bonds is 8. The first kappa shape index (κ1) is 22.0. The van der Waals surface area contributed by atoms with Crippen LogP contribution in [0.1, 0.15) is 44.8 Å². The summed E-state index contributed by atoms with van der Waals surface area (Å²) in [5, 5.41) is 13.0. The van der Waals surface area contributed by atoms with Crippen molar-refractivity contribution in [3.05, 3.63) is 53.4 Å². The smallest absolute Gasteiger partial charge is 0.233 e. The van der Waals surface area contributed by atoms with Crippen molar-refractivity contribution in [1.29, 1.82) is 0 Å². The van der Waals surface area contributed by atoms with Gasteiger partial charge in [0.15, 0.2) is 11.0 Å². The van der Waals surface area contributed by atoms with Crippen molar-refractivity contribution in [2.75, 3.05) is 6.54 Å². The van der Waals surface area contributed by atoms with Gasteiger partial charge < -0.3 is 9.73 Å². The highest BCUT2D eigenvalue weighted by Crippen LogP contribution is 2.29. The molecule has 1 saturated carbocycles. The Kier molecular flexibility index (Phi) is 7.35. The number of nitrogens with one attached hydrogen (secondary N) is 1. The average Bonchev–Trinajstić information content (AvgIpc) is 3.44. The van der Waals surface area contributed by atoms with Crippen LogP contribution in [0.5, 0.6) is 0 Å². The Balaban J connectivity index is 1.48. The second kappa shape index (κ2) is 10.4. The molecule has 1 aliphatic rings. The Hall–Kier alpha value is -2.25.